The molecule has 3 aromatic rings. The van der Waals surface area contributed by atoms with Gasteiger partial charge >= 0.3 is 0 Å². The summed E-state index contributed by atoms with van der Waals surface area (Å²) in [6, 6.07) is 16.7. The van der Waals surface area contributed by atoms with Gasteiger partial charge in [0.15, 0.2) is 6.61 Å². The third-order valence-corrected chi connectivity index (χ3v) is 6.00. The molecule has 0 unspecified atom stereocenters. The Labute approximate surface area is 176 Å². The van der Waals surface area contributed by atoms with Gasteiger partial charge in [-0.2, -0.15) is 0 Å². The summed E-state index contributed by atoms with van der Waals surface area (Å²) < 4.78 is 5.56. The molecule has 1 N–H and O–H groups in total. The number of para-hydroxylation sites is 1. The first-order valence-corrected chi connectivity index (χ1v) is 10.6. The number of hydrogen-bond donors (Lipinski definition) is 1. The molecular formula is C24H26N4O2. The lowest BCUT2D eigenvalue weighted by atomic mass is 10.0. The van der Waals surface area contributed by atoms with Crippen LogP contribution in [-0.4, -0.2) is 55.1 Å². The SMILES string of the molecule is Cc1ccc2c(CCN3CCN(c4cccc5c4NC(=O)CO5)CC3)cccc2n1. The number of fused-ring (bicyclic) bond motifs is 2. The van der Waals surface area contributed by atoms with E-state index in [0.717, 1.165) is 67.5 Å². The number of hydrogen-bond acceptors (Lipinski definition) is 5. The summed E-state index contributed by atoms with van der Waals surface area (Å²) in [4.78, 5) is 21.3. The Morgan fingerprint density at radius 2 is 1.87 bits per heavy atom. The monoisotopic (exact) mass is 402 g/mol. The quantitative estimate of drug-likeness (QED) is 0.726. The van der Waals surface area contributed by atoms with Gasteiger partial charge in [0.25, 0.3) is 5.91 Å². The molecule has 0 bridgehead atoms. The predicted octanol–water partition coefficient (Wildman–Crippen LogP) is 3.24. The van der Waals surface area contributed by atoms with Gasteiger partial charge in [-0.25, -0.2) is 0 Å². The van der Waals surface area contributed by atoms with Crippen LogP contribution >= 0.6 is 0 Å². The molecule has 0 atom stereocenters. The van der Waals surface area contributed by atoms with Crippen LogP contribution in [0.25, 0.3) is 10.9 Å². The second-order valence-corrected chi connectivity index (χ2v) is 8.00. The van der Waals surface area contributed by atoms with Crippen molar-refractivity contribution in [3.8, 4) is 5.75 Å². The van der Waals surface area contributed by atoms with Crippen LogP contribution in [0.15, 0.2) is 48.5 Å². The van der Waals surface area contributed by atoms with Gasteiger partial charge in [-0.1, -0.05) is 24.3 Å². The summed E-state index contributed by atoms with van der Waals surface area (Å²) >= 11 is 0. The minimum atomic E-state index is -0.0895. The summed E-state index contributed by atoms with van der Waals surface area (Å²) in [5, 5.41) is 4.24. The molecule has 1 saturated heterocycles. The van der Waals surface area contributed by atoms with Crippen molar-refractivity contribution in [2.45, 2.75) is 13.3 Å². The van der Waals surface area contributed by atoms with Crippen molar-refractivity contribution in [2.24, 2.45) is 0 Å². The summed E-state index contributed by atoms with van der Waals surface area (Å²) in [6.45, 7) is 7.03. The lowest BCUT2D eigenvalue weighted by Gasteiger charge is -2.37. The molecule has 0 aliphatic carbocycles. The largest absolute Gasteiger partial charge is 0.482 e. The highest BCUT2D eigenvalue weighted by atomic mass is 16.5. The maximum Gasteiger partial charge on any atom is 0.262 e. The Morgan fingerprint density at radius 3 is 2.73 bits per heavy atom. The Hall–Kier alpha value is -3.12. The number of ether oxygens (including phenoxy) is 1. The van der Waals surface area contributed by atoms with Crippen LogP contribution < -0.4 is 15.0 Å². The first kappa shape index (κ1) is 18.9. The highest BCUT2D eigenvalue weighted by Crippen LogP contribution is 2.37. The van der Waals surface area contributed by atoms with E-state index in [4.69, 9.17) is 4.74 Å². The minimum absolute atomic E-state index is 0.0895. The van der Waals surface area contributed by atoms with Crippen LogP contribution in [0.1, 0.15) is 11.3 Å². The summed E-state index contributed by atoms with van der Waals surface area (Å²) in [5.41, 5.74) is 5.35. The van der Waals surface area contributed by atoms with Crippen molar-refractivity contribution in [3.63, 3.8) is 0 Å². The van der Waals surface area contributed by atoms with Crippen LogP contribution in [-0.2, 0) is 11.2 Å². The number of carbonyl (C=O) groups excluding carboxylic acids is 1. The number of benzene rings is 2. The molecule has 30 heavy (non-hydrogen) atoms. The number of amides is 1. The van der Waals surface area contributed by atoms with Gasteiger partial charge in [0.1, 0.15) is 11.4 Å². The fraction of sp³-hybridized carbons (Fsp3) is 0.333. The average molecular weight is 402 g/mol. The molecule has 154 valence electrons. The van der Waals surface area contributed by atoms with Crippen molar-refractivity contribution in [2.75, 3.05) is 49.5 Å². The van der Waals surface area contributed by atoms with E-state index in [9.17, 15) is 4.79 Å². The molecule has 3 heterocycles. The molecule has 1 fully saturated rings. The zero-order valence-electron chi connectivity index (χ0n) is 17.2. The summed E-state index contributed by atoms with van der Waals surface area (Å²) in [5.74, 6) is 0.669. The van der Waals surface area contributed by atoms with Crippen molar-refractivity contribution in [1.82, 2.24) is 9.88 Å². The Bertz CT molecular complexity index is 1090. The highest BCUT2D eigenvalue weighted by molar-refractivity contribution is 5.99. The molecule has 0 saturated carbocycles. The topological polar surface area (TPSA) is 57.7 Å². The fourth-order valence-corrected chi connectivity index (χ4v) is 4.38. The van der Waals surface area contributed by atoms with Crippen LogP contribution in [0, 0.1) is 6.92 Å². The second-order valence-electron chi connectivity index (χ2n) is 8.00. The van der Waals surface area contributed by atoms with Crippen molar-refractivity contribution in [3.05, 3.63) is 59.8 Å². The smallest absolute Gasteiger partial charge is 0.262 e. The Morgan fingerprint density at radius 1 is 1.03 bits per heavy atom. The maximum absolute atomic E-state index is 11.8. The molecule has 1 amide bonds. The van der Waals surface area contributed by atoms with Crippen LogP contribution in [0.4, 0.5) is 11.4 Å². The third-order valence-electron chi connectivity index (χ3n) is 6.00. The van der Waals surface area contributed by atoms with E-state index in [1.807, 2.05) is 19.1 Å². The first-order chi connectivity index (χ1) is 14.7. The maximum atomic E-state index is 11.8. The van der Waals surface area contributed by atoms with Crippen molar-refractivity contribution in [1.29, 1.82) is 0 Å². The van der Waals surface area contributed by atoms with Crippen molar-refractivity contribution >= 4 is 28.2 Å². The van der Waals surface area contributed by atoms with E-state index in [-0.39, 0.29) is 12.5 Å². The number of aryl methyl sites for hydroxylation is 1. The number of rotatable bonds is 4. The zero-order valence-corrected chi connectivity index (χ0v) is 17.2. The van der Waals surface area contributed by atoms with Gasteiger partial charge in [0.2, 0.25) is 0 Å². The normalized spacial score (nSPS) is 16.8. The van der Waals surface area contributed by atoms with Gasteiger partial charge in [0.05, 0.1) is 11.2 Å². The van der Waals surface area contributed by atoms with Crippen LogP contribution in [0.5, 0.6) is 5.75 Å². The van der Waals surface area contributed by atoms with Gasteiger partial charge in [0, 0.05) is 43.8 Å². The molecule has 2 aliphatic heterocycles. The lowest BCUT2D eigenvalue weighted by molar-refractivity contribution is -0.118. The van der Waals surface area contributed by atoms with Crippen LogP contribution in [0.2, 0.25) is 0 Å². The molecule has 5 rings (SSSR count). The number of piperazine rings is 1. The molecule has 0 radical (unpaired) electrons. The first-order valence-electron chi connectivity index (χ1n) is 10.6. The molecule has 0 spiro atoms. The van der Waals surface area contributed by atoms with E-state index in [2.05, 4.69) is 56.5 Å². The zero-order chi connectivity index (χ0) is 20.5. The molecule has 6 heteroatoms. The highest BCUT2D eigenvalue weighted by Gasteiger charge is 2.24. The number of nitrogens with zero attached hydrogens (tertiary/aromatic N) is 3. The lowest BCUT2D eigenvalue weighted by Crippen LogP contribution is -2.47. The van der Waals surface area contributed by atoms with Gasteiger partial charge < -0.3 is 15.0 Å². The fourth-order valence-electron chi connectivity index (χ4n) is 4.38. The number of nitrogens with one attached hydrogen (secondary N) is 1. The standard InChI is InChI=1S/C24H26N4O2/c1-17-8-9-19-18(4-2-5-20(19)25-17)10-11-27-12-14-28(15-13-27)21-6-3-7-22-24(21)26-23(29)16-30-22/h2-9H,10-16H2,1H3,(H,26,29). The Balaban J connectivity index is 1.23. The van der Waals surface area contributed by atoms with E-state index >= 15 is 0 Å². The summed E-state index contributed by atoms with van der Waals surface area (Å²) in [7, 11) is 0. The van der Waals surface area contributed by atoms with E-state index < -0.39 is 0 Å². The van der Waals surface area contributed by atoms with E-state index in [0.29, 0.717) is 0 Å². The molecule has 2 aliphatic rings. The number of anilines is 2. The molecule has 2 aromatic carbocycles. The molecular weight excluding hydrogens is 376 g/mol. The van der Waals surface area contributed by atoms with Crippen LogP contribution in [0.3, 0.4) is 0 Å². The van der Waals surface area contributed by atoms with Crippen molar-refractivity contribution < 1.29 is 9.53 Å². The molecule has 6 nitrogen and oxygen atoms in total. The third kappa shape index (κ3) is 3.71. The summed E-state index contributed by atoms with van der Waals surface area (Å²) in [6.07, 6.45) is 1.02. The minimum Gasteiger partial charge on any atom is -0.482 e. The van der Waals surface area contributed by atoms with Gasteiger partial charge in [-0.15, -0.1) is 0 Å². The van der Waals surface area contributed by atoms with E-state index in [1.165, 1.54) is 10.9 Å². The Kier molecular flexibility index (Phi) is 5.01. The molecule has 1 aromatic heterocycles. The van der Waals surface area contributed by atoms with Gasteiger partial charge in [-0.05, 0) is 43.2 Å². The second kappa shape index (κ2) is 7.95. The van der Waals surface area contributed by atoms with E-state index in [1.54, 1.807) is 0 Å². The predicted molar refractivity (Wildman–Crippen MR) is 119 cm³/mol. The number of carbonyl (C=O) groups is 1. The van der Waals surface area contributed by atoms with Gasteiger partial charge in [-0.3, -0.25) is 14.7 Å². The number of pyridine rings is 1. The number of aromatic nitrogens is 1. The average Bonchev–Trinajstić information content (AvgIpc) is 2.77.